The molecule has 0 bridgehead atoms. The highest BCUT2D eigenvalue weighted by molar-refractivity contribution is 7.49. The van der Waals surface area contributed by atoms with E-state index in [1.165, 1.54) is 6.07 Å². The lowest BCUT2D eigenvalue weighted by Gasteiger charge is -2.23. The molecule has 43 heavy (non-hydrogen) atoms. The van der Waals surface area contributed by atoms with E-state index in [-0.39, 0.29) is 25.6 Å². The summed E-state index contributed by atoms with van der Waals surface area (Å²) in [5.74, 6) is 0.164. The number of aromatic nitrogens is 1. The predicted molar refractivity (Wildman–Crippen MR) is 181 cm³/mol. The SMILES string of the molecule is C[Si](C)(C)CCOP(=O)(OCC[Si](C)(C)C)Oc1cc(Cl)ccc1COC(=O)Nc1cccnc1C=Cc1ccccc1. The smallest absolute Gasteiger partial charge is 0.444 e. The number of amides is 1. The van der Waals surface area contributed by atoms with Crippen LogP contribution in [-0.4, -0.2) is 40.4 Å². The number of benzene rings is 2. The first-order chi connectivity index (χ1) is 20.2. The number of phosphoric acid groups is 1. The van der Waals surface area contributed by atoms with Crippen molar-refractivity contribution in [1.29, 1.82) is 0 Å². The molecule has 12 heteroatoms. The predicted octanol–water partition coefficient (Wildman–Crippen LogP) is 9.85. The number of ether oxygens (including phenoxy) is 1. The Morgan fingerprint density at radius 1 is 0.907 bits per heavy atom. The van der Waals surface area contributed by atoms with E-state index in [0.29, 0.717) is 22.0 Å². The highest BCUT2D eigenvalue weighted by Gasteiger charge is 2.32. The average Bonchev–Trinajstić information content (AvgIpc) is 2.91. The Hall–Kier alpha value is -2.73. The van der Waals surface area contributed by atoms with Gasteiger partial charge in [-0.15, -0.1) is 0 Å². The fraction of sp³-hybridized carbons (Fsp3) is 0.355. The molecule has 0 radical (unpaired) electrons. The lowest BCUT2D eigenvalue weighted by atomic mass is 10.2. The molecule has 0 aliphatic carbocycles. The lowest BCUT2D eigenvalue weighted by Crippen LogP contribution is -2.23. The normalized spacial score (nSPS) is 12.3. The van der Waals surface area contributed by atoms with Gasteiger partial charge in [0.1, 0.15) is 12.4 Å². The van der Waals surface area contributed by atoms with E-state index in [0.717, 1.165) is 17.7 Å². The molecular weight excluding hydrogens is 619 g/mol. The van der Waals surface area contributed by atoms with E-state index in [9.17, 15) is 9.36 Å². The largest absolute Gasteiger partial charge is 0.530 e. The van der Waals surface area contributed by atoms with Crippen molar-refractivity contribution in [2.45, 2.75) is 58.0 Å². The Balaban J connectivity index is 1.71. The van der Waals surface area contributed by atoms with Crippen LogP contribution in [0.25, 0.3) is 12.2 Å². The third-order valence-electron chi connectivity index (χ3n) is 6.11. The molecule has 0 fully saturated rings. The van der Waals surface area contributed by atoms with E-state index in [1.807, 2.05) is 42.5 Å². The second-order valence-electron chi connectivity index (χ2n) is 12.5. The summed E-state index contributed by atoms with van der Waals surface area (Å²) in [7, 11) is -6.91. The molecule has 0 saturated carbocycles. The van der Waals surface area contributed by atoms with Gasteiger partial charge in [0.05, 0.1) is 24.6 Å². The zero-order chi connectivity index (χ0) is 31.5. The zero-order valence-corrected chi connectivity index (χ0v) is 29.4. The summed E-state index contributed by atoms with van der Waals surface area (Å²) >= 11 is 6.26. The third-order valence-corrected chi connectivity index (χ3v) is 11.2. The minimum atomic E-state index is -3.99. The molecule has 3 aromatic rings. The number of hydrogen-bond acceptors (Lipinski definition) is 7. The van der Waals surface area contributed by atoms with Crippen LogP contribution in [0, 0.1) is 0 Å². The summed E-state index contributed by atoms with van der Waals surface area (Å²) in [6.45, 7) is 13.6. The first-order valence-electron chi connectivity index (χ1n) is 14.2. The van der Waals surface area contributed by atoms with Crippen molar-refractivity contribution in [1.82, 2.24) is 4.98 Å². The molecule has 0 saturated heterocycles. The minimum Gasteiger partial charge on any atom is -0.444 e. The topological polar surface area (TPSA) is 96.0 Å². The van der Waals surface area contributed by atoms with Gasteiger partial charge in [-0.1, -0.05) is 93.4 Å². The fourth-order valence-corrected chi connectivity index (χ4v) is 6.71. The van der Waals surface area contributed by atoms with Gasteiger partial charge in [-0.05, 0) is 48.0 Å². The summed E-state index contributed by atoms with van der Waals surface area (Å²) in [4.78, 5) is 17.2. The molecule has 2 aromatic carbocycles. The molecule has 0 aliphatic rings. The number of carbonyl (C=O) groups is 1. The standard InChI is InChI=1S/C31H42ClN2O6PSi2/c1-42(2,3)21-19-38-41(36,39-20-22-43(4,5)6)40-30-23-27(32)16-15-26(30)24-37-31(35)34-29-13-10-18-33-28(29)17-14-25-11-8-7-9-12-25/h7-18,23H,19-22,24H2,1-6H3,(H,34,35). The highest BCUT2D eigenvalue weighted by atomic mass is 35.5. The number of halogens is 1. The van der Waals surface area contributed by atoms with E-state index in [2.05, 4.69) is 49.6 Å². The van der Waals surface area contributed by atoms with Crippen LogP contribution in [0.2, 0.25) is 56.4 Å². The van der Waals surface area contributed by atoms with Crippen LogP contribution in [-0.2, 0) is 25.0 Å². The molecule has 8 nitrogen and oxygen atoms in total. The molecule has 1 amide bonds. The van der Waals surface area contributed by atoms with Crippen molar-refractivity contribution < 1.29 is 27.7 Å². The van der Waals surface area contributed by atoms with Gasteiger partial charge in [-0.2, -0.15) is 0 Å². The average molecular weight is 661 g/mol. The van der Waals surface area contributed by atoms with Crippen molar-refractivity contribution in [2.24, 2.45) is 0 Å². The molecule has 3 rings (SSSR count). The third kappa shape index (κ3) is 13.2. The van der Waals surface area contributed by atoms with Gasteiger partial charge in [0.25, 0.3) is 0 Å². The number of phosphoric ester groups is 1. The summed E-state index contributed by atoms with van der Waals surface area (Å²) < 4.78 is 36.8. The Morgan fingerprint density at radius 3 is 2.19 bits per heavy atom. The Kier molecular flexibility index (Phi) is 12.8. The molecule has 0 atom stereocenters. The number of carbonyl (C=O) groups excluding carboxylic acids is 1. The first kappa shape index (κ1) is 34.8. The molecule has 0 spiro atoms. The summed E-state index contributed by atoms with van der Waals surface area (Å²) in [5, 5.41) is 3.11. The first-order valence-corrected chi connectivity index (χ1v) is 23.5. The maximum absolute atomic E-state index is 13.8. The van der Waals surface area contributed by atoms with E-state index < -0.39 is 30.1 Å². The molecule has 1 aromatic heterocycles. The van der Waals surface area contributed by atoms with Gasteiger partial charge in [-0.3, -0.25) is 19.3 Å². The van der Waals surface area contributed by atoms with Crippen molar-refractivity contribution in [3.8, 4) is 5.75 Å². The second-order valence-corrected chi connectivity index (χ2v) is 25.7. The summed E-state index contributed by atoms with van der Waals surface area (Å²) in [6.07, 6.45) is 4.68. The molecule has 1 heterocycles. The van der Waals surface area contributed by atoms with Crippen molar-refractivity contribution in [2.75, 3.05) is 18.5 Å². The second kappa shape index (κ2) is 15.8. The van der Waals surface area contributed by atoms with Crippen LogP contribution < -0.4 is 9.84 Å². The minimum absolute atomic E-state index is 0.164. The Labute approximate surface area is 262 Å². The van der Waals surface area contributed by atoms with Gasteiger partial charge in [0.2, 0.25) is 0 Å². The van der Waals surface area contributed by atoms with E-state index in [1.54, 1.807) is 30.5 Å². The van der Waals surface area contributed by atoms with Gasteiger partial charge in [0, 0.05) is 32.9 Å². The highest BCUT2D eigenvalue weighted by Crippen LogP contribution is 2.51. The maximum atomic E-state index is 13.8. The Morgan fingerprint density at radius 2 is 1.56 bits per heavy atom. The van der Waals surface area contributed by atoms with Crippen LogP contribution in [0.5, 0.6) is 5.75 Å². The van der Waals surface area contributed by atoms with Gasteiger partial charge >= 0.3 is 13.9 Å². The van der Waals surface area contributed by atoms with Crippen LogP contribution >= 0.6 is 19.4 Å². The molecular formula is C31H42ClN2O6PSi2. The van der Waals surface area contributed by atoms with Crippen LogP contribution in [0.4, 0.5) is 10.5 Å². The van der Waals surface area contributed by atoms with E-state index >= 15 is 0 Å². The quantitative estimate of drug-likeness (QED) is 0.128. The summed E-state index contributed by atoms with van der Waals surface area (Å²) in [5.41, 5.74) is 2.52. The lowest BCUT2D eigenvalue weighted by molar-refractivity contribution is 0.151. The van der Waals surface area contributed by atoms with Gasteiger partial charge in [-0.25, -0.2) is 9.36 Å². The van der Waals surface area contributed by atoms with Gasteiger partial charge in [0.15, 0.2) is 0 Å². The molecule has 232 valence electrons. The maximum Gasteiger partial charge on any atom is 0.530 e. The van der Waals surface area contributed by atoms with Crippen LogP contribution in [0.3, 0.4) is 0 Å². The zero-order valence-electron chi connectivity index (χ0n) is 25.8. The van der Waals surface area contributed by atoms with Crippen molar-refractivity contribution in [3.05, 3.63) is 88.7 Å². The van der Waals surface area contributed by atoms with Crippen LogP contribution in [0.15, 0.2) is 66.9 Å². The molecule has 0 aliphatic heterocycles. The number of rotatable bonds is 15. The van der Waals surface area contributed by atoms with E-state index in [4.69, 9.17) is 29.9 Å². The number of pyridine rings is 1. The number of anilines is 1. The number of nitrogens with zero attached hydrogens (tertiary/aromatic N) is 1. The molecule has 0 unspecified atom stereocenters. The monoisotopic (exact) mass is 660 g/mol. The number of nitrogens with one attached hydrogen (secondary N) is 1. The van der Waals surface area contributed by atoms with Crippen molar-refractivity contribution >= 4 is 59.5 Å². The van der Waals surface area contributed by atoms with Crippen molar-refractivity contribution in [3.63, 3.8) is 0 Å². The fourth-order valence-electron chi connectivity index (χ4n) is 3.55. The number of hydrogen-bond donors (Lipinski definition) is 1. The molecule has 1 N–H and O–H groups in total. The van der Waals surface area contributed by atoms with Crippen LogP contribution in [0.1, 0.15) is 16.8 Å². The summed E-state index contributed by atoms with van der Waals surface area (Å²) in [6, 6.07) is 19.6. The Bertz CT molecular complexity index is 1400. The van der Waals surface area contributed by atoms with Gasteiger partial charge < -0.3 is 9.26 Å².